The number of phenols is 1. The van der Waals surface area contributed by atoms with Crippen molar-refractivity contribution in [3.05, 3.63) is 64.8 Å². The SMILES string of the molecule is O=c1cc(-c2ccccc2)[nH]c2ccc(O)cc12. The Morgan fingerprint density at radius 3 is 2.50 bits per heavy atom. The molecule has 88 valence electrons. The first-order valence-corrected chi connectivity index (χ1v) is 5.65. The summed E-state index contributed by atoms with van der Waals surface area (Å²) in [4.78, 5) is 15.2. The normalized spacial score (nSPS) is 10.7. The number of rotatable bonds is 1. The number of aromatic amines is 1. The van der Waals surface area contributed by atoms with E-state index >= 15 is 0 Å². The molecule has 2 N–H and O–H groups in total. The standard InChI is InChI=1S/C15H11NO2/c17-11-6-7-13-12(8-11)15(18)9-14(16-13)10-4-2-1-3-5-10/h1-9,17H,(H,16,18). The Hall–Kier alpha value is -2.55. The molecule has 3 aromatic rings. The van der Waals surface area contributed by atoms with Gasteiger partial charge in [-0.25, -0.2) is 0 Å². The van der Waals surface area contributed by atoms with E-state index in [2.05, 4.69) is 4.98 Å². The Bertz CT molecular complexity index is 760. The van der Waals surface area contributed by atoms with Crippen molar-refractivity contribution in [3.8, 4) is 17.0 Å². The molecule has 2 aromatic carbocycles. The number of phenolic OH excluding ortho intramolecular Hbond substituents is 1. The highest BCUT2D eigenvalue weighted by Gasteiger charge is 2.04. The molecule has 0 saturated heterocycles. The molecule has 0 aliphatic rings. The zero-order valence-corrected chi connectivity index (χ0v) is 9.55. The number of aromatic nitrogens is 1. The number of aromatic hydroxyl groups is 1. The van der Waals surface area contributed by atoms with Gasteiger partial charge in [-0.05, 0) is 23.8 Å². The fraction of sp³-hybridized carbons (Fsp3) is 0. The summed E-state index contributed by atoms with van der Waals surface area (Å²) in [6.45, 7) is 0. The van der Waals surface area contributed by atoms with Gasteiger partial charge in [0.25, 0.3) is 0 Å². The first kappa shape index (κ1) is 10.6. The third-order valence-corrected chi connectivity index (χ3v) is 2.90. The molecular weight excluding hydrogens is 226 g/mol. The van der Waals surface area contributed by atoms with E-state index in [1.165, 1.54) is 6.07 Å². The van der Waals surface area contributed by atoms with Crippen LogP contribution < -0.4 is 5.43 Å². The Kier molecular flexibility index (Phi) is 2.38. The average molecular weight is 237 g/mol. The van der Waals surface area contributed by atoms with Gasteiger partial charge >= 0.3 is 0 Å². The van der Waals surface area contributed by atoms with Gasteiger partial charge in [0.05, 0.1) is 0 Å². The van der Waals surface area contributed by atoms with Crippen molar-refractivity contribution in [3.63, 3.8) is 0 Å². The van der Waals surface area contributed by atoms with Crippen molar-refractivity contribution >= 4 is 10.9 Å². The van der Waals surface area contributed by atoms with Crippen molar-refractivity contribution in [2.75, 3.05) is 0 Å². The van der Waals surface area contributed by atoms with Crippen LogP contribution in [0.15, 0.2) is 59.4 Å². The minimum absolute atomic E-state index is 0.0976. The largest absolute Gasteiger partial charge is 0.508 e. The summed E-state index contributed by atoms with van der Waals surface area (Å²) in [5.74, 6) is 0.0976. The molecule has 0 atom stereocenters. The van der Waals surface area contributed by atoms with Gasteiger partial charge in [-0.2, -0.15) is 0 Å². The third-order valence-electron chi connectivity index (χ3n) is 2.90. The predicted molar refractivity (Wildman–Crippen MR) is 71.7 cm³/mol. The van der Waals surface area contributed by atoms with E-state index in [-0.39, 0.29) is 11.2 Å². The number of hydrogen-bond acceptors (Lipinski definition) is 2. The molecule has 1 aromatic heterocycles. The lowest BCUT2D eigenvalue weighted by molar-refractivity contribution is 0.476. The van der Waals surface area contributed by atoms with Crippen LogP contribution in [0, 0.1) is 0 Å². The van der Waals surface area contributed by atoms with E-state index in [0.717, 1.165) is 16.8 Å². The second-order valence-electron chi connectivity index (χ2n) is 4.14. The third kappa shape index (κ3) is 1.76. The number of benzene rings is 2. The molecule has 3 heteroatoms. The Labute approximate surface area is 103 Å². The van der Waals surface area contributed by atoms with Gasteiger partial charge in [-0.3, -0.25) is 4.79 Å². The quantitative estimate of drug-likeness (QED) is 0.683. The molecule has 0 unspecified atom stereocenters. The molecule has 3 rings (SSSR count). The average Bonchev–Trinajstić information content (AvgIpc) is 2.40. The minimum Gasteiger partial charge on any atom is -0.508 e. The zero-order chi connectivity index (χ0) is 12.5. The number of H-pyrrole nitrogens is 1. The van der Waals surface area contributed by atoms with Crippen LogP contribution in [0.3, 0.4) is 0 Å². The maximum absolute atomic E-state index is 12.0. The summed E-state index contributed by atoms with van der Waals surface area (Å²) >= 11 is 0. The second kappa shape index (κ2) is 4.04. The monoisotopic (exact) mass is 237 g/mol. The van der Waals surface area contributed by atoms with E-state index in [1.54, 1.807) is 18.2 Å². The number of pyridine rings is 1. The maximum Gasteiger partial charge on any atom is 0.190 e. The van der Waals surface area contributed by atoms with Gasteiger partial charge in [0.15, 0.2) is 5.43 Å². The predicted octanol–water partition coefficient (Wildman–Crippen LogP) is 2.90. The van der Waals surface area contributed by atoms with Crippen molar-refractivity contribution in [1.29, 1.82) is 0 Å². The van der Waals surface area contributed by atoms with Crippen LogP contribution in [-0.4, -0.2) is 10.1 Å². The van der Waals surface area contributed by atoms with Crippen molar-refractivity contribution in [2.24, 2.45) is 0 Å². The van der Waals surface area contributed by atoms with E-state index in [1.807, 2.05) is 30.3 Å². The maximum atomic E-state index is 12.0. The molecule has 1 heterocycles. The van der Waals surface area contributed by atoms with Gasteiger partial charge in [-0.15, -0.1) is 0 Å². The van der Waals surface area contributed by atoms with E-state index < -0.39 is 0 Å². The summed E-state index contributed by atoms with van der Waals surface area (Å²) in [7, 11) is 0. The zero-order valence-electron chi connectivity index (χ0n) is 9.55. The fourth-order valence-electron chi connectivity index (χ4n) is 2.01. The Balaban J connectivity index is 2.29. The first-order valence-electron chi connectivity index (χ1n) is 5.65. The lowest BCUT2D eigenvalue weighted by atomic mass is 10.1. The second-order valence-corrected chi connectivity index (χ2v) is 4.14. The van der Waals surface area contributed by atoms with Gasteiger partial charge in [0.2, 0.25) is 0 Å². The van der Waals surface area contributed by atoms with Crippen LogP contribution in [0.25, 0.3) is 22.2 Å². The van der Waals surface area contributed by atoms with Crippen molar-refractivity contribution < 1.29 is 5.11 Å². The van der Waals surface area contributed by atoms with E-state index in [0.29, 0.717) is 5.39 Å². The van der Waals surface area contributed by atoms with Crippen LogP contribution in [0.1, 0.15) is 0 Å². The van der Waals surface area contributed by atoms with Gasteiger partial charge in [0.1, 0.15) is 5.75 Å². The summed E-state index contributed by atoms with van der Waals surface area (Å²) in [6, 6.07) is 16.0. The topological polar surface area (TPSA) is 53.1 Å². The highest BCUT2D eigenvalue weighted by molar-refractivity contribution is 5.82. The van der Waals surface area contributed by atoms with Crippen LogP contribution in [-0.2, 0) is 0 Å². The summed E-state index contributed by atoms with van der Waals surface area (Å²) in [5, 5.41) is 9.88. The van der Waals surface area contributed by atoms with Crippen LogP contribution in [0.4, 0.5) is 0 Å². The molecule has 0 bridgehead atoms. The molecule has 3 nitrogen and oxygen atoms in total. The minimum atomic E-state index is -0.0986. The van der Waals surface area contributed by atoms with Crippen LogP contribution >= 0.6 is 0 Å². The fourth-order valence-corrected chi connectivity index (χ4v) is 2.01. The summed E-state index contributed by atoms with van der Waals surface area (Å²) in [6.07, 6.45) is 0. The summed E-state index contributed by atoms with van der Waals surface area (Å²) < 4.78 is 0. The molecule has 0 spiro atoms. The van der Waals surface area contributed by atoms with Gasteiger partial charge < -0.3 is 10.1 Å². The lowest BCUT2D eigenvalue weighted by Gasteiger charge is -2.04. The number of hydrogen-bond donors (Lipinski definition) is 2. The van der Waals surface area contributed by atoms with Gasteiger partial charge in [0, 0.05) is 22.7 Å². The highest BCUT2D eigenvalue weighted by atomic mass is 16.3. The van der Waals surface area contributed by atoms with Crippen molar-refractivity contribution in [1.82, 2.24) is 4.98 Å². The molecular formula is C15H11NO2. The molecule has 0 radical (unpaired) electrons. The molecule has 0 amide bonds. The smallest absolute Gasteiger partial charge is 0.190 e. The highest BCUT2D eigenvalue weighted by Crippen LogP contribution is 2.20. The molecule has 0 fully saturated rings. The van der Waals surface area contributed by atoms with E-state index in [4.69, 9.17) is 0 Å². The summed E-state index contributed by atoms with van der Waals surface area (Å²) in [5.41, 5.74) is 2.36. The number of fused-ring (bicyclic) bond motifs is 1. The van der Waals surface area contributed by atoms with Gasteiger partial charge in [-0.1, -0.05) is 30.3 Å². The van der Waals surface area contributed by atoms with Crippen LogP contribution in [0.5, 0.6) is 5.75 Å². The first-order chi connectivity index (χ1) is 8.74. The van der Waals surface area contributed by atoms with Crippen molar-refractivity contribution in [2.45, 2.75) is 0 Å². The van der Waals surface area contributed by atoms with Crippen LogP contribution in [0.2, 0.25) is 0 Å². The molecule has 0 aliphatic carbocycles. The molecule has 0 aliphatic heterocycles. The number of nitrogens with one attached hydrogen (secondary N) is 1. The Morgan fingerprint density at radius 1 is 0.944 bits per heavy atom. The molecule has 18 heavy (non-hydrogen) atoms. The molecule has 0 saturated carbocycles. The Morgan fingerprint density at radius 2 is 1.72 bits per heavy atom. The lowest BCUT2D eigenvalue weighted by Crippen LogP contribution is -2.02. The van der Waals surface area contributed by atoms with E-state index in [9.17, 15) is 9.90 Å².